The number of hydrogen-bond donors (Lipinski definition) is 0. The second-order valence-corrected chi connectivity index (χ2v) is 7.79. The fourth-order valence-corrected chi connectivity index (χ4v) is 6.46. The van der Waals surface area contributed by atoms with Crippen LogP contribution in [0.25, 0.3) is 0 Å². The summed E-state index contributed by atoms with van der Waals surface area (Å²) in [6.07, 6.45) is 5.32. The quantitative estimate of drug-likeness (QED) is 0.728. The third kappa shape index (κ3) is 0.942. The molecule has 110 valence electrons. The molecular weight excluding hydrogens is 262 g/mol. The lowest BCUT2D eigenvalue weighted by Crippen LogP contribution is -2.70. The van der Waals surface area contributed by atoms with E-state index in [9.17, 15) is 0 Å². The summed E-state index contributed by atoms with van der Waals surface area (Å²) >= 11 is 0. The summed E-state index contributed by atoms with van der Waals surface area (Å²) in [5, 5.41) is 0. The molecule has 4 heterocycles. The third-order valence-corrected chi connectivity index (χ3v) is 7.21. The number of nitrogens with zero attached hydrogens (tertiary/aromatic N) is 1. The lowest BCUT2D eigenvalue weighted by Gasteiger charge is -2.58. The zero-order valence-electron chi connectivity index (χ0n) is 12.7. The summed E-state index contributed by atoms with van der Waals surface area (Å²) in [7, 11) is 2.28. The van der Waals surface area contributed by atoms with Crippen molar-refractivity contribution in [3.63, 3.8) is 0 Å². The van der Waals surface area contributed by atoms with Crippen molar-refractivity contribution in [3.05, 3.63) is 28.8 Å². The standard InChI is InChI=1S/C18H21NO2/c1-10-3-4-11-9-13-18-6-5-12(21-18)16-17(18,7-8-19(13)2)14(11)15(10)20-16/h3-4,12-13,16H,5-9H2,1-2H3/t12-,13-,16+,17+,18?/m0/s1. The molecule has 1 aromatic carbocycles. The van der Waals surface area contributed by atoms with E-state index in [-0.39, 0.29) is 17.1 Å². The Balaban J connectivity index is 1.74. The lowest BCUT2D eigenvalue weighted by atomic mass is 9.51. The molecule has 1 aromatic rings. The Morgan fingerprint density at radius 1 is 1.29 bits per heavy atom. The van der Waals surface area contributed by atoms with Crippen LogP contribution in [0.2, 0.25) is 0 Å². The van der Waals surface area contributed by atoms with Gasteiger partial charge in [-0.05, 0) is 57.3 Å². The minimum atomic E-state index is 0.0291. The second-order valence-electron chi connectivity index (χ2n) is 7.79. The maximum atomic E-state index is 6.68. The Hall–Kier alpha value is -1.06. The highest BCUT2D eigenvalue weighted by atomic mass is 16.6. The highest BCUT2D eigenvalue weighted by Gasteiger charge is 2.78. The largest absolute Gasteiger partial charge is 0.486 e. The van der Waals surface area contributed by atoms with E-state index in [0.717, 1.165) is 6.42 Å². The topological polar surface area (TPSA) is 21.7 Å². The van der Waals surface area contributed by atoms with Gasteiger partial charge in [0, 0.05) is 11.6 Å². The van der Waals surface area contributed by atoms with Gasteiger partial charge < -0.3 is 14.4 Å². The predicted molar refractivity (Wildman–Crippen MR) is 78.9 cm³/mol. The molecule has 0 saturated carbocycles. The molecule has 5 atom stereocenters. The Morgan fingerprint density at radius 3 is 3.10 bits per heavy atom. The molecule has 6 rings (SSSR count). The van der Waals surface area contributed by atoms with Crippen LogP contribution in [0.1, 0.15) is 36.0 Å². The molecule has 5 aliphatic rings. The molecule has 0 N–H and O–H groups in total. The Morgan fingerprint density at radius 2 is 2.19 bits per heavy atom. The SMILES string of the molecule is Cc1ccc2c3c1O[C@@H]1[C@@H]4CCC5(O4)[C@H](C2)N(C)CC[C@@]315. The number of likely N-dealkylation sites (N-methyl/N-ethyl adjacent to an activating group) is 1. The fraction of sp³-hybridized carbons (Fsp3) is 0.667. The molecule has 3 saturated heterocycles. The molecule has 1 aliphatic carbocycles. The average molecular weight is 283 g/mol. The molecule has 4 aliphatic heterocycles. The number of hydrogen-bond acceptors (Lipinski definition) is 3. The van der Waals surface area contributed by atoms with Crippen LogP contribution in [-0.2, 0) is 16.6 Å². The van der Waals surface area contributed by atoms with Crippen molar-refractivity contribution >= 4 is 0 Å². The van der Waals surface area contributed by atoms with Gasteiger partial charge in [-0.25, -0.2) is 0 Å². The van der Waals surface area contributed by atoms with E-state index in [4.69, 9.17) is 9.47 Å². The summed E-state index contributed by atoms with van der Waals surface area (Å²) in [5.41, 5.74) is 4.56. The zero-order valence-corrected chi connectivity index (χ0v) is 12.7. The van der Waals surface area contributed by atoms with E-state index in [1.807, 2.05) is 0 Å². The lowest BCUT2D eigenvalue weighted by molar-refractivity contribution is -0.115. The van der Waals surface area contributed by atoms with Gasteiger partial charge in [0.1, 0.15) is 11.9 Å². The zero-order chi connectivity index (χ0) is 14.0. The molecular formula is C18H21NO2. The van der Waals surface area contributed by atoms with Gasteiger partial charge in [0.2, 0.25) is 0 Å². The van der Waals surface area contributed by atoms with Crippen LogP contribution < -0.4 is 4.74 Å². The van der Waals surface area contributed by atoms with Crippen LogP contribution in [0.3, 0.4) is 0 Å². The first-order valence-electron chi connectivity index (χ1n) is 8.35. The highest BCUT2D eigenvalue weighted by molar-refractivity contribution is 5.61. The minimum Gasteiger partial charge on any atom is -0.486 e. The summed E-state index contributed by atoms with van der Waals surface area (Å²) in [4.78, 5) is 2.55. The van der Waals surface area contributed by atoms with Crippen molar-refractivity contribution in [2.24, 2.45) is 0 Å². The van der Waals surface area contributed by atoms with Crippen molar-refractivity contribution < 1.29 is 9.47 Å². The number of fused-ring (bicyclic) bond motifs is 2. The Labute approximate surface area is 125 Å². The van der Waals surface area contributed by atoms with Gasteiger partial charge in [0.15, 0.2) is 0 Å². The normalized spacial score (nSPS) is 48.4. The molecule has 1 unspecified atom stereocenters. The smallest absolute Gasteiger partial charge is 0.137 e. The van der Waals surface area contributed by atoms with Crippen LogP contribution in [0.4, 0.5) is 0 Å². The number of aryl methyl sites for hydroxylation is 1. The van der Waals surface area contributed by atoms with Gasteiger partial charge in [0.05, 0.1) is 17.1 Å². The van der Waals surface area contributed by atoms with Crippen LogP contribution in [0.15, 0.2) is 12.1 Å². The van der Waals surface area contributed by atoms with Gasteiger partial charge in [-0.15, -0.1) is 0 Å². The predicted octanol–water partition coefficient (Wildman–Crippen LogP) is 2.19. The first-order valence-corrected chi connectivity index (χ1v) is 8.35. The monoisotopic (exact) mass is 283 g/mol. The highest BCUT2D eigenvalue weighted by Crippen LogP contribution is 2.70. The van der Waals surface area contributed by atoms with Gasteiger partial charge >= 0.3 is 0 Å². The van der Waals surface area contributed by atoms with E-state index >= 15 is 0 Å². The number of piperidine rings is 1. The molecule has 3 fully saturated rings. The average Bonchev–Trinajstić information content (AvgIpc) is 3.11. The van der Waals surface area contributed by atoms with Crippen LogP contribution in [0, 0.1) is 6.92 Å². The molecule has 4 bridgehead atoms. The molecule has 0 aromatic heterocycles. The van der Waals surface area contributed by atoms with Crippen molar-refractivity contribution in [2.75, 3.05) is 13.6 Å². The first-order chi connectivity index (χ1) is 10.2. The number of ether oxygens (including phenoxy) is 2. The van der Waals surface area contributed by atoms with Crippen molar-refractivity contribution in [1.29, 1.82) is 0 Å². The van der Waals surface area contributed by atoms with E-state index in [2.05, 4.69) is 31.0 Å². The summed E-state index contributed by atoms with van der Waals surface area (Å²) < 4.78 is 13.2. The Kier molecular flexibility index (Phi) is 1.73. The molecule has 3 nitrogen and oxygen atoms in total. The van der Waals surface area contributed by atoms with Gasteiger partial charge in [-0.2, -0.15) is 0 Å². The molecule has 21 heavy (non-hydrogen) atoms. The van der Waals surface area contributed by atoms with Crippen LogP contribution in [0.5, 0.6) is 5.75 Å². The van der Waals surface area contributed by atoms with Gasteiger partial charge in [0.25, 0.3) is 0 Å². The van der Waals surface area contributed by atoms with Gasteiger partial charge in [-0.3, -0.25) is 0 Å². The maximum Gasteiger partial charge on any atom is 0.137 e. The maximum absolute atomic E-state index is 6.68. The van der Waals surface area contributed by atoms with Gasteiger partial charge in [-0.1, -0.05) is 12.1 Å². The first kappa shape index (κ1) is 11.5. The third-order valence-electron chi connectivity index (χ3n) is 7.21. The van der Waals surface area contributed by atoms with Crippen LogP contribution >= 0.6 is 0 Å². The fourth-order valence-electron chi connectivity index (χ4n) is 6.46. The molecule has 3 heteroatoms. The molecule has 0 radical (unpaired) electrons. The van der Waals surface area contributed by atoms with Crippen molar-refractivity contribution in [3.8, 4) is 5.75 Å². The second kappa shape index (κ2) is 3.16. The minimum absolute atomic E-state index is 0.0291. The summed E-state index contributed by atoms with van der Waals surface area (Å²) in [6, 6.07) is 5.14. The van der Waals surface area contributed by atoms with Crippen molar-refractivity contribution in [1.82, 2.24) is 4.90 Å². The number of likely N-dealkylation sites (tertiary alicyclic amines) is 1. The van der Waals surface area contributed by atoms with E-state index < -0.39 is 0 Å². The van der Waals surface area contributed by atoms with E-state index in [1.165, 1.54) is 42.7 Å². The number of rotatable bonds is 0. The Bertz CT molecular complexity index is 686. The van der Waals surface area contributed by atoms with E-state index in [0.29, 0.717) is 12.1 Å². The summed E-state index contributed by atoms with van der Waals surface area (Å²) in [5.74, 6) is 1.21. The summed E-state index contributed by atoms with van der Waals surface area (Å²) in [6.45, 7) is 3.37. The molecule has 2 spiro atoms. The van der Waals surface area contributed by atoms with E-state index in [1.54, 1.807) is 5.56 Å². The van der Waals surface area contributed by atoms with Crippen molar-refractivity contribution in [2.45, 2.75) is 61.9 Å². The molecule has 0 amide bonds. The number of benzene rings is 1. The van der Waals surface area contributed by atoms with Crippen LogP contribution in [-0.4, -0.2) is 42.3 Å².